The molecule has 5 heteroatoms. The van der Waals surface area contributed by atoms with Crippen LogP contribution in [0.1, 0.15) is 46.8 Å². The van der Waals surface area contributed by atoms with E-state index in [0.717, 1.165) is 17.7 Å². The molecule has 0 saturated carbocycles. The Kier molecular flexibility index (Phi) is 6.07. The number of aromatic nitrogens is 1. The fraction of sp³-hybridized carbons (Fsp3) is 0.316. The maximum Gasteiger partial charge on any atom is 0.274 e. The smallest absolute Gasteiger partial charge is 0.274 e. The number of carbonyl (C=O) groups is 2. The van der Waals surface area contributed by atoms with Crippen molar-refractivity contribution in [3.8, 4) is 0 Å². The van der Waals surface area contributed by atoms with Gasteiger partial charge in [0.25, 0.3) is 11.8 Å². The molecule has 24 heavy (non-hydrogen) atoms. The summed E-state index contributed by atoms with van der Waals surface area (Å²) in [5.74, 6) is -0.0770. The second-order valence-electron chi connectivity index (χ2n) is 6.12. The molecule has 2 rings (SSSR count). The molecule has 2 N–H and O–H groups in total. The number of nitrogens with one attached hydrogen (secondary N) is 2. The molecule has 1 aromatic heterocycles. The average molecular weight is 325 g/mol. The van der Waals surface area contributed by atoms with Gasteiger partial charge in [-0.2, -0.15) is 0 Å². The molecule has 0 aliphatic heterocycles. The Hall–Kier alpha value is -2.69. The minimum atomic E-state index is -0.332. The molecule has 5 nitrogen and oxygen atoms in total. The van der Waals surface area contributed by atoms with E-state index in [2.05, 4.69) is 29.5 Å². The molecule has 0 atom stereocenters. The van der Waals surface area contributed by atoms with Crippen LogP contribution < -0.4 is 10.6 Å². The van der Waals surface area contributed by atoms with Crippen LogP contribution in [0.5, 0.6) is 0 Å². The van der Waals surface area contributed by atoms with E-state index in [0.29, 0.717) is 12.5 Å². The SMILES string of the molecule is Cc1ccccc1NC(=O)c1cccc(C(=O)NCCC(C)C)n1. The Balaban J connectivity index is 2.05. The van der Waals surface area contributed by atoms with Gasteiger partial charge in [-0.1, -0.05) is 38.1 Å². The van der Waals surface area contributed by atoms with Gasteiger partial charge in [-0.25, -0.2) is 4.98 Å². The fourth-order valence-corrected chi connectivity index (χ4v) is 2.15. The topological polar surface area (TPSA) is 71.1 Å². The largest absolute Gasteiger partial charge is 0.351 e. The van der Waals surface area contributed by atoms with E-state index in [9.17, 15) is 9.59 Å². The number of rotatable bonds is 6. The summed E-state index contributed by atoms with van der Waals surface area (Å²) in [4.78, 5) is 28.6. The van der Waals surface area contributed by atoms with Gasteiger partial charge < -0.3 is 10.6 Å². The number of para-hydroxylation sites is 1. The zero-order valence-corrected chi connectivity index (χ0v) is 14.3. The molecule has 0 spiro atoms. The first-order valence-corrected chi connectivity index (χ1v) is 8.09. The van der Waals surface area contributed by atoms with Crippen LogP contribution in [-0.2, 0) is 0 Å². The number of anilines is 1. The monoisotopic (exact) mass is 325 g/mol. The standard InChI is InChI=1S/C19H23N3O2/c1-13(2)11-12-20-18(23)16-9-6-10-17(21-16)19(24)22-15-8-5-4-7-14(15)3/h4-10,13H,11-12H2,1-3H3,(H,20,23)(H,22,24). The number of aryl methyl sites for hydroxylation is 1. The number of carbonyl (C=O) groups excluding carboxylic acids is 2. The van der Waals surface area contributed by atoms with E-state index in [1.807, 2.05) is 31.2 Å². The molecular weight excluding hydrogens is 302 g/mol. The molecule has 1 heterocycles. The van der Waals surface area contributed by atoms with Crippen LogP contribution in [0.4, 0.5) is 5.69 Å². The molecule has 0 aliphatic rings. The number of hydrogen-bond donors (Lipinski definition) is 2. The van der Waals surface area contributed by atoms with Gasteiger partial charge in [0.05, 0.1) is 0 Å². The maximum atomic E-state index is 12.3. The molecule has 0 fully saturated rings. The van der Waals surface area contributed by atoms with Crippen molar-refractivity contribution in [2.75, 3.05) is 11.9 Å². The van der Waals surface area contributed by atoms with Crippen molar-refractivity contribution >= 4 is 17.5 Å². The summed E-state index contributed by atoms with van der Waals surface area (Å²) >= 11 is 0. The van der Waals surface area contributed by atoms with Crippen molar-refractivity contribution < 1.29 is 9.59 Å². The van der Waals surface area contributed by atoms with Gasteiger partial charge in [0.2, 0.25) is 0 Å². The Morgan fingerprint density at radius 1 is 1.00 bits per heavy atom. The van der Waals surface area contributed by atoms with Gasteiger partial charge in [-0.15, -0.1) is 0 Å². The Morgan fingerprint density at radius 3 is 2.33 bits per heavy atom. The van der Waals surface area contributed by atoms with E-state index in [1.165, 1.54) is 0 Å². The quantitative estimate of drug-likeness (QED) is 0.855. The highest BCUT2D eigenvalue weighted by atomic mass is 16.2. The van der Waals surface area contributed by atoms with Gasteiger partial charge in [-0.3, -0.25) is 9.59 Å². The average Bonchev–Trinajstić information content (AvgIpc) is 2.56. The third-order valence-electron chi connectivity index (χ3n) is 3.61. The van der Waals surface area contributed by atoms with Crippen molar-refractivity contribution in [1.82, 2.24) is 10.3 Å². The third-order valence-corrected chi connectivity index (χ3v) is 3.61. The second kappa shape index (κ2) is 8.24. The van der Waals surface area contributed by atoms with Crippen molar-refractivity contribution in [2.24, 2.45) is 5.92 Å². The van der Waals surface area contributed by atoms with Gasteiger partial charge in [0, 0.05) is 12.2 Å². The summed E-state index contributed by atoms with van der Waals surface area (Å²) in [6, 6.07) is 12.4. The molecule has 0 saturated heterocycles. The molecule has 2 amide bonds. The lowest BCUT2D eigenvalue weighted by Gasteiger charge is -2.09. The highest BCUT2D eigenvalue weighted by Crippen LogP contribution is 2.14. The van der Waals surface area contributed by atoms with E-state index in [4.69, 9.17) is 0 Å². The van der Waals surface area contributed by atoms with Crippen molar-refractivity contribution in [1.29, 1.82) is 0 Å². The van der Waals surface area contributed by atoms with Gasteiger partial charge in [0.1, 0.15) is 11.4 Å². The summed E-state index contributed by atoms with van der Waals surface area (Å²) in [7, 11) is 0. The van der Waals surface area contributed by atoms with Crippen molar-refractivity contribution in [2.45, 2.75) is 27.2 Å². The van der Waals surface area contributed by atoms with Gasteiger partial charge in [0.15, 0.2) is 0 Å². The summed E-state index contributed by atoms with van der Waals surface area (Å²) in [5.41, 5.74) is 2.16. The number of benzene rings is 1. The maximum absolute atomic E-state index is 12.3. The Labute approximate surface area is 142 Å². The van der Waals surface area contributed by atoms with Crippen LogP contribution >= 0.6 is 0 Å². The van der Waals surface area contributed by atoms with Gasteiger partial charge in [-0.05, 0) is 43.0 Å². The molecule has 0 bridgehead atoms. The summed E-state index contributed by atoms with van der Waals surface area (Å²) in [6.45, 7) is 6.71. The van der Waals surface area contributed by atoms with Gasteiger partial charge >= 0.3 is 0 Å². The van der Waals surface area contributed by atoms with Crippen LogP contribution in [0.25, 0.3) is 0 Å². The second-order valence-corrected chi connectivity index (χ2v) is 6.12. The van der Waals surface area contributed by atoms with E-state index in [-0.39, 0.29) is 23.2 Å². The predicted octanol–water partition coefficient (Wildman–Crippen LogP) is 3.42. The zero-order chi connectivity index (χ0) is 17.5. The molecule has 1 aromatic carbocycles. The van der Waals surface area contributed by atoms with Crippen molar-refractivity contribution in [3.63, 3.8) is 0 Å². The first-order valence-electron chi connectivity index (χ1n) is 8.09. The summed E-state index contributed by atoms with van der Waals surface area (Å²) in [6.07, 6.45) is 0.902. The normalized spacial score (nSPS) is 10.5. The van der Waals surface area contributed by atoms with E-state index < -0.39 is 0 Å². The number of nitrogens with zero attached hydrogens (tertiary/aromatic N) is 1. The lowest BCUT2D eigenvalue weighted by molar-refractivity contribution is 0.0947. The highest BCUT2D eigenvalue weighted by Gasteiger charge is 2.13. The molecule has 2 aromatic rings. The molecular formula is C19H23N3O2. The minimum Gasteiger partial charge on any atom is -0.351 e. The van der Waals surface area contributed by atoms with Crippen LogP contribution in [0.15, 0.2) is 42.5 Å². The minimum absolute atomic E-state index is 0.217. The lowest BCUT2D eigenvalue weighted by atomic mass is 10.1. The summed E-state index contributed by atoms with van der Waals surface area (Å²) < 4.78 is 0. The Bertz CT molecular complexity index is 726. The first-order chi connectivity index (χ1) is 11.5. The first kappa shape index (κ1) is 17.7. The fourth-order valence-electron chi connectivity index (χ4n) is 2.15. The highest BCUT2D eigenvalue weighted by molar-refractivity contribution is 6.04. The van der Waals surface area contributed by atoms with Crippen LogP contribution in [0.2, 0.25) is 0 Å². The number of pyridine rings is 1. The van der Waals surface area contributed by atoms with Crippen LogP contribution in [0.3, 0.4) is 0 Å². The van der Waals surface area contributed by atoms with Crippen molar-refractivity contribution in [3.05, 3.63) is 59.4 Å². The number of hydrogen-bond acceptors (Lipinski definition) is 3. The summed E-state index contributed by atoms with van der Waals surface area (Å²) in [5, 5.41) is 5.64. The van der Waals surface area contributed by atoms with Crippen LogP contribution in [-0.4, -0.2) is 23.3 Å². The lowest BCUT2D eigenvalue weighted by Crippen LogP contribution is -2.27. The molecule has 126 valence electrons. The van der Waals surface area contributed by atoms with E-state index in [1.54, 1.807) is 18.2 Å². The van der Waals surface area contributed by atoms with E-state index >= 15 is 0 Å². The third kappa shape index (κ3) is 4.91. The molecule has 0 radical (unpaired) electrons. The zero-order valence-electron chi connectivity index (χ0n) is 14.3. The molecule has 0 unspecified atom stereocenters. The predicted molar refractivity (Wildman–Crippen MR) is 95.2 cm³/mol. The molecule has 0 aliphatic carbocycles. The Morgan fingerprint density at radius 2 is 1.67 bits per heavy atom. The van der Waals surface area contributed by atoms with Crippen LogP contribution in [0, 0.1) is 12.8 Å². The number of amides is 2.